The summed E-state index contributed by atoms with van der Waals surface area (Å²) in [7, 11) is 3.48. The van der Waals surface area contributed by atoms with Gasteiger partial charge in [0.05, 0.1) is 24.4 Å². The van der Waals surface area contributed by atoms with Crippen LogP contribution in [0.5, 0.6) is 0 Å². The highest BCUT2D eigenvalue weighted by atomic mass is 19.1. The molecule has 1 N–H and O–H groups in total. The van der Waals surface area contributed by atoms with Gasteiger partial charge in [-0.05, 0) is 72.2 Å². The van der Waals surface area contributed by atoms with Crippen molar-refractivity contribution in [3.05, 3.63) is 88.5 Å². The number of carbonyl (C=O) groups is 1. The molecule has 0 spiro atoms. The first-order valence-electron chi connectivity index (χ1n) is 13.8. The van der Waals surface area contributed by atoms with Crippen molar-refractivity contribution in [3.8, 4) is 28.6 Å². The maximum absolute atomic E-state index is 15.3. The molecule has 41 heavy (non-hydrogen) atoms. The maximum Gasteiger partial charge on any atom is 0.259 e. The monoisotopic (exact) mass is 550 g/mol. The molecule has 1 aliphatic heterocycles. The Morgan fingerprint density at radius 1 is 1.17 bits per heavy atom. The van der Waals surface area contributed by atoms with E-state index in [1.54, 1.807) is 30.1 Å². The van der Waals surface area contributed by atoms with Crippen LogP contribution in [0.15, 0.2) is 54.9 Å². The molecule has 0 saturated heterocycles. The van der Waals surface area contributed by atoms with Gasteiger partial charge in [-0.25, -0.2) is 4.39 Å². The van der Waals surface area contributed by atoms with Gasteiger partial charge in [0, 0.05) is 43.4 Å². The lowest BCUT2D eigenvalue weighted by Crippen LogP contribution is -2.29. The molecule has 0 bridgehead atoms. The Morgan fingerprint density at radius 3 is 2.71 bits per heavy atom. The molecule has 1 saturated carbocycles. The first kappa shape index (κ1) is 26.8. The molecule has 6 rings (SSSR count). The Bertz CT molecular complexity index is 1690. The topological polar surface area (TPSA) is 96.1 Å². The second-order valence-electron chi connectivity index (χ2n) is 10.9. The van der Waals surface area contributed by atoms with Crippen molar-refractivity contribution in [2.75, 3.05) is 18.6 Å². The first-order valence-corrected chi connectivity index (χ1v) is 13.8. The van der Waals surface area contributed by atoms with Crippen LogP contribution in [-0.2, 0) is 24.9 Å². The van der Waals surface area contributed by atoms with E-state index in [0.29, 0.717) is 52.8 Å². The standard InChI is InChI=1S/C32H31FN6O2/c1-19(17-41-3)35-15-20-9-27-28(29(33)10-20)16-39(32(27)40)30-13-25(23-6-4-5-22(11-23)21-7-8-21)26(12-24(30)14-34)31-37-36-18-38(31)2/h4-6,9-13,18-19,21,35H,7-8,15-17H2,1-3H3/t19-/m0/s1. The Hall–Kier alpha value is -4.39. The molecule has 1 aromatic heterocycles. The SMILES string of the molecule is COC[C@H](C)NCc1cc(F)c2c(c1)C(=O)N(c1cc(-c3cccc(C4CC4)c3)c(-c3nncn3C)cc1C#N)C2. The molecule has 1 amide bonds. The van der Waals surface area contributed by atoms with Gasteiger partial charge in [0.25, 0.3) is 5.91 Å². The molecule has 2 heterocycles. The van der Waals surface area contributed by atoms with E-state index in [4.69, 9.17) is 4.74 Å². The molecule has 9 heteroatoms. The number of benzene rings is 3. The van der Waals surface area contributed by atoms with E-state index in [1.807, 2.05) is 32.2 Å². The van der Waals surface area contributed by atoms with Crippen LogP contribution in [0.3, 0.4) is 0 Å². The van der Waals surface area contributed by atoms with Crippen molar-refractivity contribution in [1.29, 1.82) is 5.26 Å². The lowest BCUT2D eigenvalue weighted by molar-refractivity contribution is 0.0996. The smallest absolute Gasteiger partial charge is 0.259 e. The molecular formula is C32H31FN6O2. The van der Waals surface area contributed by atoms with Gasteiger partial charge < -0.3 is 19.5 Å². The number of nitrogens with zero attached hydrogens (tertiary/aromatic N) is 5. The van der Waals surface area contributed by atoms with E-state index < -0.39 is 5.82 Å². The summed E-state index contributed by atoms with van der Waals surface area (Å²) >= 11 is 0. The summed E-state index contributed by atoms with van der Waals surface area (Å²) in [5.41, 5.74) is 5.89. The molecule has 208 valence electrons. The predicted octanol–water partition coefficient (Wildman–Crippen LogP) is 5.32. The number of amides is 1. The highest BCUT2D eigenvalue weighted by molar-refractivity contribution is 6.11. The normalized spacial score (nSPS) is 15.2. The number of hydrogen-bond donors (Lipinski definition) is 1. The minimum atomic E-state index is -0.430. The van der Waals surface area contributed by atoms with Crippen molar-refractivity contribution in [2.24, 2.45) is 7.05 Å². The molecule has 3 aromatic carbocycles. The molecular weight excluding hydrogens is 519 g/mol. The third kappa shape index (κ3) is 5.12. The van der Waals surface area contributed by atoms with E-state index in [2.05, 4.69) is 33.7 Å². The average Bonchev–Trinajstić information content (AvgIpc) is 3.66. The molecule has 8 nitrogen and oxygen atoms in total. The number of aryl methyl sites for hydroxylation is 1. The van der Waals surface area contributed by atoms with Crippen LogP contribution in [0, 0.1) is 17.1 Å². The Balaban J connectivity index is 1.42. The summed E-state index contributed by atoms with van der Waals surface area (Å²) in [5.74, 6) is 0.416. The van der Waals surface area contributed by atoms with Crippen LogP contribution in [0.2, 0.25) is 0 Å². The number of anilines is 1. The molecule has 0 unspecified atom stereocenters. The molecule has 4 aromatic rings. The van der Waals surface area contributed by atoms with Crippen LogP contribution >= 0.6 is 0 Å². The number of halogens is 1. The zero-order valence-corrected chi connectivity index (χ0v) is 23.3. The van der Waals surface area contributed by atoms with Crippen LogP contribution in [-0.4, -0.2) is 40.4 Å². The fraction of sp³-hybridized carbons (Fsp3) is 0.312. The van der Waals surface area contributed by atoms with Crippen molar-refractivity contribution >= 4 is 11.6 Å². The fourth-order valence-corrected chi connectivity index (χ4v) is 5.55. The molecule has 2 aliphatic rings. The first-order chi connectivity index (χ1) is 19.9. The summed E-state index contributed by atoms with van der Waals surface area (Å²) in [5, 5.41) is 21.9. The number of nitrogens with one attached hydrogen (secondary N) is 1. The maximum atomic E-state index is 15.3. The van der Waals surface area contributed by atoms with Gasteiger partial charge in [0.15, 0.2) is 5.82 Å². The quantitative estimate of drug-likeness (QED) is 0.303. The number of fused-ring (bicyclic) bond motifs is 1. The Kier molecular flexibility index (Phi) is 7.12. The second kappa shape index (κ2) is 10.9. The number of aromatic nitrogens is 3. The Morgan fingerprint density at radius 2 is 2.00 bits per heavy atom. The van der Waals surface area contributed by atoms with Gasteiger partial charge >= 0.3 is 0 Å². The Labute approximate surface area is 238 Å². The number of methoxy groups -OCH3 is 1. The summed E-state index contributed by atoms with van der Waals surface area (Å²) in [6, 6.07) is 17.6. The summed E-state index contributed by atoms with van der Waals surface area (Å²) in [6.45, 7) is 2.95. The number of rotatable bonds is 9. The molecule has 1 aliphatic carbocycles. The minimum absolute atomic E-state index is 0.0489. The third-order valence-electron chi connectivity index (χ3n) is 7.86. The predicted molar refractivity (Wildman–Crippen MR) is 154 cm³/mol. The number of ether oxygens (including phenoxy) is 1. The van der Waals surface area contributed by atoms with Crippen molar-refractivity contribution < 1.29 is 13.9 Å². The van der Waals surface area contributed by atoms with E-state index in [0.717, 1.165) is 16.7 Å². The van der Waals surface area contributed by atoms with E-state index >= 15 is 4.39 Å². The fourth-order valence-electron chi connectivity index (χ4n) is 5.55. The molecule has 0 radical (unpaired) electrons. The van der Waals surface area contributed by atoms with Gasteiger partial charge in [-0.3, -0.25) is 4.79 Å². The average molecular weight is 551 g/mol. The zero-order chi connectivity index (χ0) is 28.7. The summed E-state index contributed by atoms with van der Waals surface area (Å²) < 4.78 is 22.3. The van der Waals surface area contributed by atoms with Crippen LogP contribution < -0.4 is 10.2 Å². The van der Waals surface area contributed by atoms with Crippen LogP contribution in [0.25, 0.3) is 22.5 Å². The largest absolute Gasteiger partial charge is 0.383 e. The molecule has 1 atom stereocenters. The van der Waals surface area contributed by atoms with Gasteiger partial charge in [-0.15, -0.1) is 10.2 Å². The van der Waals surface area contributed by atoms with Gasteiger partial charge in [-0.1, -0.05) is 24.3 Å². The van der Waals surface area contributed by atoms with Crippen LogP contribution in [0.4, 0.5) is 10.1 Å². The number of nitriles is 1. The van der Waals surface area contributed by atoms with E-state index in [9.17, 15) is 10.1 Å². The molecule has 1 fully saturated rings. The number of carbonyl (C=O) groups excluding carboxylic acids is 1. The van der Waals surface area contributed by atoms with Crippen molar-refractivity contribution in [2.45, 2.75) is 44.8 Å². The van der Waals surface area contributed by atoms with Crippen LogP contribution in [0.1, 0.15) is 58.3 Å². The lowest BCUT2D eigenvalue weighted by atomic mass is 9.93. The van der Waals surface area contributed by atoms with Crippen molar-refractivity contribution in [3.63, 3.8) is 0 Å². The van der Waals surface area contributed by atoms with Gasteiger partial charge in [0.2, 0.25) is 0 Å². The summed E-state index contributed by atoms with van der Waals surface area (Å²) in [6.07, 6.45) is 3.96. The van der Waals surface area contributed by atoms with Gasteiger partial charge in [0.1, 0.15) is 18.2 Å². The van der Waals surface area contributed by atoms with E-state index in [1.165, 1.54) is 29.4 Å². The second-order valence-corrected chi connectivity index (χ2v) is 10.9. The third-order valence-corrected chi connectivity index (χ3v) is 7.86. The van der Waals surface area contributed by atoms with Crippen molar-refractivity contribution in [1.82, 2.24) is 20.1 Å². The highest BCUT2D eigenvalue weighted by Gasteiger charge is 2.34. The lowest BCUT2D eigenvalue weighted by Gasteiger charge is -2.21. The van der Waals surface area contributed by atoms with E-state index in [-0.39, 0.29) is 18.5 Å². The van der Waals surface area contributed by atoms with Gasteiger partial charge in [-0.2, -0.15) is 5.26 Å². The zero-order valence-electron chi connectivity index (χ0n) is 23.3. The highest BCUT2D eigenvalue weighted by Crippen LogP contribution is 2.44. The number of hydrogen-bond acceptors (Lipinski definition) is 6. The summed E-state index contributed by atoms with van der Waals surface area (Å²) in [4.78, 5) is 15.3. The minimum Gasteiger partial charge on any atom is -0.383 e.